The molecule has 104 valence electrons. The smallest absolute Gasteiger partial charge is 0.227 e. The summed E-state index contributed by atoms with van der Waals surface area (Å²) in [6.45, 7) is 7.97. The lowest BCUT2D eigenvalue weighted by Gasteiger charge is -2.43. The van der Waals surface area contributed by atoms with Crippen molar-refractivity contribution in [2.75, 3.05) is 20.0 Å². The Balaban J connectivity index is 2.78. The van der Waals surface area contributed by atoms with Gasteiger partial charge in [0.1, 0.15) is 6.23 Å². The third-order valence-corrected chi connectivity index (χ3v) is 3.37. The molecular formula is C12H23N3O3. The van der Waals surface area contributed by atoms with E-state index in [1.54, 1.807) is 21.6 Å². The Bertz CT molecular complexity index is 320. The molecule has 0 bridgehead atoms. The van der Waals surface area contributed by atoms with Crippen LogP contribution in [0.2, 0.25) is 0 Å². The molecule has 18 heavy (non-hydrogen) atoms. The number of carbonyl (C=O) groups is 2. The molecule has 0 spiro atoms. The van der Waals surface area contributed by atoms with E-state index in [1.165, 1.54) is 6.92 Å². The SMILES string of the molecule is CCC(C)C(=O)N1CN(C(C)=O)CN(C(C)O)C1. The van der Waals surface area contributed by atoms with Crippen LogP contribution in [0.5, 0.6) is 0 Å². The Morgan fingerprint density at radius 1 is 1.17 bits per heavy atom. The van der Waals surface area contributed by atoms with Crippen LogP contribution in [0.4, 0.5) is 0 Å². The molecule has 6 heteroatoms. The van der Waals surface area contributed by atoms with Crippen molar-refractivity contribution in [2.24, 2.45) is 5.92 Å². The van der Waals surface area contributed by atoms with Crippen LogP contribution in [0.25, 0.3) is 0 Å². The van der Waals surface area contributed by atoms with E-state index in [0.29, 0.717) is 20.0 Å². The number of hydrogen-bond donors (Lipinski definition) is 1. The summed E-state index contributed by atoms with van der Waals surface area (Å²) >= 11 is 0. The summed E-state index contributed by atoms with van der Waals surface area (Å²) < 4.78 is 0. The van der Waals surface area contributed by atoms with Crippen molar-refractivity contribution in [3.63, 3.8) is 0 Å². The van der Waals surface area contributed by atoms with Crippen LogP contribution in [-0.4, -0.2) is 57.9 Å². The Kier molecular flexibility index (Phi) is 5.10. The first-order chi connectivity index (χ1) is 8.36. The minimum Gasteiger partial charge on any atom is -0.379 e. The average Bonchev–Trinajstić information content (AvgIpc) is 2.36. The minimum absolute atomic E-state index is 0.0223. The third kappa shape index (κ3) is 3.43. The number of amides is 2. The van der Waals surface area contributed by atoms with E-state index in [-0.39, 0.29) is 17.7 Å². The molecule has 1 heterocycles. The van der Waals surface area contributed by atoms with Crippen molar-refractivity contribution in [1.82, 2.24) is 14.7 Å². The lowest BCUT2D eigenvalue weighted by Crippen LogP contribution is -2.60. The first kappa shape index (κ1) is 14.9. The molecule has 0 saturated carbocycles. The highest BCUT2D eigenvalue weighted by atomic mass is 16.3. The largest absolute Gasteiger partial charge is 0.379 e. The quantitative estimate of drug-likeness (QED) is 0.786. The summed E-state index contributed by atoms with van der Waals surface area (Å²) in [7, 11) is 0. The van der Waals surface area contributed by atoms with Gasteiger partial charge in [-0.15, -0.1) is 0 Å². The van der Waals surface area contributed by atoms with Crippen molar-refractivity contribution >= 4 is 11.8 Å². The molecule has 0 aromatic rings. The molecule has 1 rings (SSSR count). The van der Waals surface area contributed by atoms with Crippen molar-refractivity contribution in [3.05, 3.63) is 0 Å². The van der Waals surface area contributed by atoms with Crippen molar-refractivity contribution in [2.45, 2.75) is 40.3 Å². The van der Waals surface area contributed by atoms with Crippen molar-refractivity contribution < 1.29 is 14.7 Å². The number of aliphatic hydroxyl groups excluding tert-OH is 1. The molecule has 2 unspecified atom stereocenters. The second-order valence-corrected chi connectivity index (χ2v) is 4.89. The number of rotatable bonds is 3. The molecule has 1 aliphatic rings. The fraction of sp³-hybridized carbons (Fsp3) is 0.833. The van der Waals surface area contributed by atoms with Gasteiger partial charge in [0.25, 0.3) is 0 Å². The van der Waals surface area contributed by atoms with Gasteiger partial charge < -0.3 is 14.9 Å². The zero-order valence-corrected chi connectivity index (χ0v) is 11.6. The monoisotopic (exact) mass is 257 g/mol. The van der Waals surface area contributed by atoms with Gasteiger partial charge in [0, 0.05) is 12.8 Å². The molecule has 1 fully saturated rings. The topological polar surface area (TPSA) is 64.1 Å². The Labute approximate surface area is 108 Å². The molecule has 6 nitrogen and oxygen atoms in total. The molecule has 1 N–H and O–H groups in total. The Morgan fingerprint density at radius 2 is 1.72 bits per heavy atom. The van der Waals surface area contributed by atoms with Gasteiger partial charge in [-0.2, -0.15) is 0 Å². The van der Waals surface area contributed by atoms with Crippen LogP contribution in [0.15, 0.2) is 0 Å². The fourth-order valence-electron chi connectivity index (χ4n) is 1.84. The first-order valence-corrected chi connectivity index (χ1v) is 6.33. The van der Waals surface area contributed by atoms with E-state index in [2.05, 4.69) is 0 Å². The highest BCUT2D eigenvalue weighted by molar-refractivity contribution is 5.79. The van der Waals surface area contributed by atoms with Gasteiger partial charge in [0.2, 0.25) is 11.8 Å². The van der Waals surface area contributed by atoms with Crippen molar-refractivity contribution in [3.8, 4) is 0 Å². The summed E-state index contributed by atoms with van der Waals surface area (Å²) in [5.41, 5.74) is 0. The van der Waals surface area contributed by atoms with E-state index in [4.69, 9.17) is 0 Å². The lowest BCUT2D eigenvalue weighted by atomic mass is 10.1. The summed E-state index contributed by atoms with van der Waals surface area (Å²) in [6.07, 6.45) is 0.0868. The zero-order valence-electron chi connectivity index (χ0n) is 11.6. The maximum absolute atomic E-state index is 12.1. The molecular weight excluding hydrogens is 234 g/mol. The van der Waals surface area contributed by atoms with E-state index < -0.39 is 6.23 Å². The predicted molar refractivity (Wildman–Crippen MR) is 66.9 cm³/mol. The number of nitrogens with zero attached hydrogens (tertiary/aromatic N) is 3. The van der Waals surface area contributed by atoms with Gasteiger partial charge in [-0.3, -0.25) is 9.59 Å². The molecule has 1 saturated heterocycles. The van der Waals surface area contributed by atoms with E-state index in [1.807, 2.05) is 13.8 Å². The highest BCUT2D eigenvalue weighted by Crippen LogP contribution is 2.14. The van der Waals surface area contributed by atoms with Crippen LogP contribution in [0.1, 0.15) is 34.1 Å². The number of carbonyl (C=O) groups excluding carboxylic acids is 2. The molecule has 0 aliphatic carbocycles. The van der Waals surface area contributed by atoms with Gasteiger partial charge in [-0.1, -0.05) is 13.8 Å². The standard InChI is InChI=1S/C12H23N3O3/c1-5-9(2)12(18)15-7-13(10(3)16)6-14(8-15)11(4)17/h9-10,16H,5-8H2,1-4H3. The molecule has 1 aliphatic heterocycles. The maximum atomic E-state index is 12.1. The molecule has 0 radical (unpaired) electrons. The molecule has 0 aromatic heterocycles. The molecule has 2 amide bonds. The Hall–Kier alpha value is -1.14. The van der Waals surface area contributed by atoms with Crippen LogP contribution >= 0.6 is 0 Å². The highest BCUT2D eigenvalue weighted by Gasteiger charge is 2.31. The average molecular weight is 257 g/mol. The van der Waals surface area contributed by atoms with Gasteiger partial charge in [-0.05, 0) is 13.3 Å². The van der Waals surface area contributed by atoms with Gasteiger partial charge in [-0.25, -0.2) is 4.90 Å². The molecule has 2 atom stereocenters. The van der Waals surface area contributed by atoms with Gasteiger partial charge >= 0.3 is 0 Å². The predicted octanol–water partition coefficient (Wildman–Crippen LogP) is 0.236. The number of aliphatic hydroxyl groups is 1. The summed E-state index contributed by atoms with van der Waals surface area (Å²) in [5.74, 6) is -0.135. The van der Waals surface area contributed by atoms with E-state index in [0.717, 1.165) is 6.42 Å². The fourth-order valence-corrected chi connectivity index (χ4v) is 1.84. The van der Waals surface area contributed by atoms with Crippen molar-refractivity contribution in [1.29, 1.82) is 0 Å². The first-order valence-electron chi connectivity index (χ1n) is 6.33. The minimum atomic E-state index is -0.681. The second-order valence-electron chi connectivity index (χ2n) is 4.89. The molecule has 0 aromatic carbocycles. The van der Waals surface area contributed by atoms with E-state index in [9.17, 15) is 14.7 Å². The van der Waals surface area contributed by atoms with E-state index >= 15 is 0 Å². The van der Waals surface area contributed by atoms with Crippen LogP contribution in [-0.2, 0) is 9.59 Å². The zero-order chi connectivity index (χ0) is 13.9. The van der Waals surface area contributed by atoms with Gasteiger partial charge in [0.15, 0.2) is 0 Å². The third-order valence-electron chi connectivity index (χ3n) is 3.37. The van der Waals surface area contributed by atoms with Crippen LogP contribution in [0, 0.1) is 5.92 Å². The second kappa shape index (κ2) is 6.15. The summed E-state index contributed by atoms with van der Waals surface area (Å²) in [5, 5.41) is 9.62. The summed E-state index contributed by atoms with van der Waals surface area (Å²) in [4.78, 5) is 28.5. The number of hydrogen-bond acceptors (Lipinski definition) is 4. The Morgan fingerprint density at radius 3 is 2.17 bits per heavy atom. The normalized spacial score (nSPS) is 20.7. The summed E-state index contributed by atoms with van der Waals surface area (Å²) in [6, 6.07) is 0. The van der Waals surface area contributed by atoms with Crippen LogP contribution < -0.4 is 0 Å². The van der Waals surface area contributed by atoms with Gasteiger partial charge in [0.05, 0.1) is 20.0 Å². The van der Waals surface area contributed by atoms with Crippen LogP contribution in [0.3, 0.4) is 0 Å². The maximum Gasteiger partial charge on any atom is 0.227 e. The lowest BCUT2D eigenvalue weighted by molar-refractivity contribution is -0.162.